The van der Waals surface area contributed by atoms with E-state index in [1.54, 1.807) is 6.92 Å². The van der Waals surface area contributed by atoms with Crippen LogP contribution in [0.4, 0.5) is 19.3 Å². The Kier molecular flexibility index (Phi) is 5.03. The summed E-state index contributed by atoms with van der Waals surface area (Å²) in [5, 5.41) is 4.82. The minimum absolute atomic E-state index is 0.110. The number of nitrogens with one attached hydrogen (secondary N) is 2. The van der Waals surface area contributed by atoms with Gasteiger partial charge in [-0.1, -0.05) is 6.92 Å². The zero-order valence-corrected chi connectivity index (χ0v) is 15.4. The highest BCUT2D eigenvalue weighted by Gasteiger charge is 2.47. The summed E-state index contributed by atoms with van der Waals surface area (Å²) in [5.41, 5.74) is -0.982. The first kappa shape index (κ1) is 20.3. The lowest BCUT2D eigenvalue weighted by Gasteiger charge is -2.18. The van der Waals surface area contributed by atoms with E-state index in [4.69, 9.17) is 4.74 Å². The molecular formula is C17H17F2N3O7. The molecule has 0 aromatic heterocycles. The molecule has 156 valence electrons. The summed E-state index contributed by atoms with van der Waals surface area (Å²) < 4.78 is 39.2. The lowest BCUT2D eigenvalue weighted by Crippen LogP contribution is -2.43. The number of anilines is 1. The molecular weight excluding hydrogens is 396 g/mol. The van der Waals surface area contributed by atoms with Crippen molar-refractivity contribution in [2.45, 2.75) is 32.1 Å². The van der Waals surface area contributed by atoms with Gasteiger partial charge in [0.25, 0.3) is 11.8 Å². The average molecular weight is 413 g/mol. The normalized spacial score (nSPS) is 21.7. The number of nitrogens with zero attached hydrogens (tertiary/aromatic N) is 1. The van der Waals surface area contributed by atoms with Gasteiger partial charge in [0.1, 0.15) is 12.1 Å². The van der Waals surface area contributed by atoms with Crippen molar-refractivity contribution in [2.24, 2.45) is 0 Å². The quantitative estimate of drug-likeness (QED) is 0.531. The Hall–Kier alpha value is -3.44. The van der Waals surface area contributed by atoms with E-state index >= 15 is 0 Å². The van der Waals surface area contributed by atoms with E-state index in [0.29, 0.717) is 11.3 Å². The monoisotopic (exact) mass is 413 g/mol. The summed E-state index contributed by atoms with van der Waals surface area (Å²) in [4.78, 5) is 48.5. The average Bonchev–Trinajstić information content (AvgIpc) is 3.06. The smallest absolute Gasteiger partial charge is 0.454 e. The molecule has 1 saturated heterocycles. The van der Waals surface area contributed by atoms with Crippen molar-refractivity contribution in [3.63, 3.8) is 0 Å². The fraction of sp³-hybridized carbons (Fsp3) is 0.412. The summed E-state index contributed by atoms with van der Waals surface area (Å²) in [5.74, 6) is -2.74. The topological polar surface area (TPSA) is 123 Å². The van der Waals surface area contributed by atoms with Crippen LogP contribution < -0.4 is 20.1 Å². The molecule has 0 aliphatic carbocycles. The Labute approximate surface area is 163 Å². The van der Waals surface area contributed by atoms with Gasteiger partial charge in [0.2, 0.25) is 0 Å². The number of ether oxygens (including phenoxy) is 3. The van der Waals surface area contributed by atoms with Crippen molar-refractivity contribution in [3.05, 3.63) is 18.2 Å². The van der Waals surface area contributed by atoms with E-state index in [9.17, 15) is 28.0 Å². The number of imide groups is 1. The Morgan fingerprint density at radius 3 is 2.59 bits per heavy atom. The van der Waals surface area contributed by atoms with Gasteiger partial charge in [-0.15, -0.1) is 8.78 Å². The highest BCUT2D eigenvalue weighted by Crippen LogP contribution is 2.42. The van der Waals surface area contributed by atoms with Crippen molar-refractivity contribution in [1.29, 1.82) is 0 Å². The van der Waals surface area contributed by atoms with E-state index < -0.39 is 48.8 Å². The summed E-state index contributed by atoms with van der Waals surface area (Å²) in [7, 11) is 0. The summed E-state index contributed by atoms with van der Waals surface area (Å²) in [6, 6.07) is 2.87. The Morgan fingerprint density at radius 2 is 1.93 bits per heavy atom. The summed E-state index contributed by atoms with van der Waals surface area (Å²) >= 11 is 0. The first-order chi connectivity index (χ1) is 13.5. The number of esters is 1. The van der Waals surface area contributed by atoms with Crippen LogP contribution in [0.1, 0.15) is 20.3 Å². The van der Waals surface area contributed by atoms with Gasteiger partial charge >= 0.3 is 18.3 Å². The first-order valence-corrected chi connectivity index (χ1v) is 8.52. The lowest BCUT2D eigenvalue weighted by atomic mass is 9.99. The fourth-order valence-corrected chi connectivity index (χ4v) is 2.67. The van der Waals surface area contributed by atoms with Crippen molar-refractivity contribution in [2.75, 3.05) is 18.5 Å². The molecule has 1 aromatic carbocycles. The van der Waals surface area contributed by atoms with Crippen LogP contribution in [0.3, 0.4) is 0 Å². The van der Waals surface area contributed by atoms with Gasteiger partial charge in [0.15, 0.2) is 18.1 Å². The van der Waals surface area contributed by atoms with E-state index in [1.807, 2.05) is 0 Å². The summed E-state index contributed by atoms with van der Waals surface area (Å²) in [6.45, 7) is 1.89. The highest BCUT2D eigenvalue weighted by molar-refractivity contribution is 6.08. The van der Waals surface area contributed by atoms with Gasteiger partial charge in [0.05, 0.1) is 0 Å². The maximum atomic E-state index is 13.0. The largest absolute Gasteiger partial charge is 0.586 e. The molecule has 0 spiro atoms. The molecule has 12 heteroatoms. The van der Waals surface area contributed by atoms with Gasteiger partial charge in [-0.05, 0) is 25.5 Å². The zero-order valence-electron chi connectivity index (χ0n) is 15.4. The fourth-order valence-electron chi connectivity index (χ4n) is 2.67. The number of carbonyl (C=O) groups excluding carboxylic acids is 4. The number of halogens is 2. The molecule has 2 N–H and O–H groups in total. The molecule has 1 atom stereocenters. The molecule has 0 saturated carbocycles. The molecule has 2 heterocycles. The maximum absolute atomic E-state index is 13.0. The van der Waals surface area contributed by atoms with Gasteiger partial charge < -0.3 is 24.8 Å². The molecule has 1 aromatic rings. The predicted molar refractivity (Wildman–Crippen MR) is 91.2 cm³/mol. The van der Waals surface area contributed by atoms with Crippen molar-refractivity contribution < 1.29 is 42.2 Å². The Balaban J connectivity index is 1.50. The number of carbonyl (C=O) groups is 4. The van der Waals surface area contributed by atoms with Crippen LogP contribution in [-0.2, 0) is 19.1 Å². The molecule has 2 aliphatic rings. The molecule has 0 radical (unpaired) electrons. The predicted octanol–water partition coefficient (Wildman–Crippen LogP) is 1.21. The molecule has 29 heavy (non-hydrogen) atoms. The molecule has 1 fully saturated rings. The van der Waals surface area contributed by atoms with Gasteiger partial charge in [-0.3, -0.25) is 19.3 Å². The minimum Gasteiger partial charge on any atom is -0.454 e. The van der Waals surface area contributed by atoms with Gasteiger partial charge in [-0.2, -0.15) is 0 Å². The maximum Gasteiger partial charge on any atom is 0.586 e. The summed E-state index contributed by atoms with van der Waals surface area (Å²) in [6.07, 6.45) is -3.44. The molecule has 3 rings (SSSR count). The Morgan fingerprint density at radius 1 is 1.24 bits per heavy atom. The van der Waals surface area contributed by atoms with Crippen LogP contribution in [0.15, 0.2) is 18.2 Å². The van der Waals surface area contributed by atoms with Crippen LogP contribution in [0.2, 0.25) is 0 Å². The van der Waals surface area contributed by atoms with Gasteiger partial charge in [0, 0.05) is 11.8 Å². The number of hydrogen-bond donors (Lipinski definition) is 2. The number of urea groups is 1. The third kappa shape index (κ3) is 4.20. The van der Waals surface area contributed by atoms with Crippen molar-refractivity contribution in [3.8, 4) is 11.5 Å². The lowest BCUT2D eigenvalue weighted by molar-refractivity contribution is -0.286. The molecule has 10 nitrogen and oxygen atoms in total. The SMILES string of the molecule is CC[C@]1(C)NC(=O)N(CC(=O)OCC(=O)Nc2ccc3c(c2)OC(F)(F)O3)C1=O. The second-order valence-corrected chi connectivity index (χ2v) is 6.54. The van der Waals surface area contributed by atoms with E-state index in [0.717, 1.165) is 6.07 Å². The van der Waals surface area contributed by atoms with E-state index in [1.165, 1.54) is 19.1 Å². The number of alkyl halides is 2. The van der Waals surface area contributed by atoms with Crippen LogP contribution in [0.25, 0.3) is 0 Å². The first-order valence-electron chi connectivity index (χ1n) is 8.52. The third-order valence-electron chi connectivity index (χ3n) is 4.39. The van der Waals surface area contributed by atoms with E-state index in [-0.39, 0.29) is 17.2 Å². The number of fused-ring (bicyclic) bond motifs is 1. The standard InChI is InChI=1S/C17H17F2N3O7/c1-3-16(2)14(25)22(15(26)21-16)7-13(24)27-8-12(23)20-9-4-5-10-11(6-9)29-17(18,19)28-10/h4-6H,3,7-8H2,1-2H3,(H,20,23)(H,21,26)/t16-/m0/s1. The number of benzene rings is 1. The third-order valence-corrected chi connectivity index (χ3v) is 4.39. The van der Waals surface area contributed by atoms with Gasteiger partial charge in [-0.25, -0.2) is 4.79 Å². The zero-order chi connectivity index (χ0) is 21.4. The van der Waals surface area contributed by atoms with Crippen LogP contribution in [0.5, 0.6) is 11.5 Å². The number of amides is 4. The second kappa shape index (κ2) is 7.18. The van der Waals surface area contributed by atoms with Crippen LogP contribution in [0, 0.1) is 0 Å². The number of hydrogen-bond acceptors (Lipinski definition) is 7. The Bertz CT molecular complexity index is 892. The van der Waals surface area contributed by atoms with E-state index in [2.05, 4.69) is 20.1 Å². The second-order valence-electron chi connectivity index (χ2n) is 6.54. The van der Waals surface area contributed by atoms with Crippen molar-refractivity contribution >= 4 is 29.5 Å². The van der Waals surface area contributed by atoms with Crippen molar-refractivity contribution in [1.82, 2.24) is 10.2 Å². The van der Waals surface area contributed by atoms with Crippen LogP contribution >= 0.6 is 0 Å². The molecule has 4 amide bonds. The minimum atomic E-state index is -3.78. The highest BCUT2D eigenvalue weighted by atomic mass is 19.3. The molecule has 0 unspecified atom stereocenters. The number of rotatable bonds is 6. The molecule has 2 aliphatic heterocycles. The van der Waals surface area contributed by atoms with Crippen LogP contribution in [-0.4, -0.2) is 53.7 Å². The molecule has 0 bridgehead atoms.